The third-order valence-electron chi connectivity index (χ3n) is 5.43. The van der Waals surface area contributed by atoms with Gasteiger partial charge in [-0.15, -0.1) is 0 Å². The van der Waals surface area contributed by atoms with Crippen molar-refractivity contribution < 1.29 is 0 Å². The summed E-state index contributed by atoms with van der Waals surface area (Å²) >= 11 is 0. The molecule has 0 atom stereocenters. The van der Waals surface area contributed by atoms with E-state index in [4.69, 9.17) is 0 Å². The Morgan fingerprint density at radius 2 is 1.70 bits per heavy atom. The van der Waals surface area contributed by atoms with Crippen molar-refractivity contribution >= 4 is 17.3 Å². The van der Waals surface area contributed by atoms with Gasteiger partial charge in [-0.25, -0.2) is 9.97 Å². The number of nitrogens with zero attached hydrogens (tertiary/aromatic N) is 4. The number of aromatic nitrogens is 2. The fourth-order valence-corrected chi connectivity index (χ4v) is 3.65. The summed E-state index contributed by atoms with van der Waals surface area (Å²) in [7, 11) is 0. The molecule has 0 bridgehead atoms. The highest BCUT2D eigenvalue weighted by Crippen LogP contribution is 2.25. The van der Waals surface area contributed by atoms with Crippen molar-refractivity contribution in [2.24, 2.45) is 0 Å². The van der Waals surface area contributed by atoms with Crippen molar-refractivity contribution in [2.45, 2.75) is 47.0 Å². The lowest BCUT2D eigenvalue weighted by atomic mass is 10.1. The Bertz CT molecular complexity index is 750. The largest absolute Gasteiger partial charge is 0.370 e. The number of hydrogen-bond donors (Lipinski definition) is 1. The third kappa shape index (κ3) is 4.90. The molecule has 1 aromatic heterocycles. The van der Waals surface area contributed by atoms with E-state index in [1.165, 1.54) is 36.1 Å². The quantitative estimate of drug-likeness (QED) is 0.738. The monoisotopic (exact) mass is 367 g/mol. The molecule has 1 aliphatic rings. The Kier molecular flexibility index (Phi) is 6.54. The van der Waals surface area contributed by atoms with E-state index in [2.05, 4.69) is 70.1 Å². The van der Waals surface area contributed by atoms with Crippen molar-refractivity contribution in [1.82, 2.24) is 9.97 Å². The van der Waals surface area contributed by atoms with Crippen LogP contribution in [0.3, 0.4) is 0 Å². The van der Waals surface area contributed by atoms with Crippen LogP contribution in [0.1, 0.15) is 43.1 Å². The Labute approximate surface area is 163 Å². The highest BCUT2D eigenvalue weighted by molar-refractivity contribution is 5.58. The maximum atomic E-state index is 4.69. The number of rotatable bonds is 7. The van der Waals surface area contributed by atoms with Crippen LogP contribution in [0.4, 0.5) is 17.3 Å². The molecule has 0 aliphatic carbocycles. The van der Waals surface area contributed by atoms with Gasteiger partial charge >= 0.3 is 0 Å². The Hall–Kier alpha value is -2.30. The summed E-state index contributed by atoms with van der Waals surface area (Å²) in [5.74, 6) is 2.83. The van der Waals surface area contributed by atoms with Gasteiger partial charge in [-0.1, -0.05) is 31.9 Å². The summed E-state index contributed by atoms with van der Waals surface area (Å²) < 4.78 is 0. The van der Waals surface area contributed by atoms with Crippen LogP contribution in [0.2, 0.25) is 0 Å². The number of hydrogen-bond acceptors (Lipinski definition) is 5. The van der Waals surface area contributed by atoms with Gasteiger partial charge in [0.05, 0.1) is 0 Å². The van der Waals surface area contributed by atoms with E-state index in [0.29, 0.717) is 0 Å². The number of benzene rings is 1. The Balaban J connectivity index is 1.63. The molecule has 1 aromatic carbocycles. The topological polar surface area (TPSA) is 44.3 Å². The molecule has 0 unspecified atom stereocenters. The summed E-state index contributed by atoms with van der Waals surface area (Å²) in [6.45, 7) is 13.6. The fraction of sp³-hybridized carbons (Fsp3) is 0.545. The first kappa shape index (κ1) is 19.5. The second kappa shape index (κ2) is 9.07. The molecule has 2 heterocycles. The van der Waals surface area contributed by atoms with Gasteiger partial charge in [-0.3, -0.25) is 0 Å². The molecular weight excluding hydrogens is 334 g/mol. The summed E-state index contributed by atoms with van der Waals surface area (Å²) in [4.78, 5) is 14.1. The molecule has 1 aliphatic heterocycles. The molecule has 1 fully saturated rings. The van der Waals surface area contributed by atoms with Crippen LogP contribution in [0.15, 0.2) is 24.3 Å². The van der Waals surface area contributed by atoms with Crippen LogP contribution in [0, 0.1) is 20.8 Å². The van der Waals surface area contributed by atoms with Crippen LogP contribution in [-0.2, 0) is 0 Å². The number of anilines is 3. The molecule has 2 aromatic rings. The maximum absolute atomic E-state index is 4.69. The zero-order valence-electron chi connectivity index (χ0n) is 17.3. The molecular formula is C22H33N5. The minimum atomic E-state index is 0.836. The smallest absolute Gasteiger partial charge is 0.134 e. The van der Waals surface area contributed by atoms with Gasteiger partial charge in [0.2, 0.25) is 0 Å². The van der Waals surface area contributed by atoms with Gasteiger partial charge in [-0.05, 0) is 44.4 Å². The number of piperazine rings is 1. The van der Waals surface area contributed by atoms with Crippen molar-refractivity contribution in [3.8, 4) is 0 Å². The molecule has 146 valence electrons. The zero-order chi connectivity index (χ0) is 19.2. The summed E-state index contributed by atoms with van der Waals surface area (Å²) in [6, 6.07) is 8.69. The lowest BCUT2D eigenvalue weighted by molar-refractivity contribution is 0.644. The molecule has 0 spiro atoms. The second-order valence-electron chi connectivity index (χ2n) is 7.49. The number of unbranched alkanes of at least 4 members (excludes halogenated alkanes) is 2. The summed E-state index contributed by atoms with van der Waals surface area (Å²) in [5, 5.41) is 3.46. The van der Waals surface area contributed by atoms with E-state index >= 15 is 0 Å². The molecule has 5 nitrogen and oxygen atoms in total. The van der Waals surface area contributed by atoms with Gasteiger partial charge in [0.25, 0.3) is 0 Å². The van der Waals surface area contributed by atoms with Crippen LogP contribution >= 0.6 is 0 Å². The molecule has 5 heteroatoms. The van der Waals surface area contributed by atoms with E-state index in [0.717, 1.165) is 50.2 Å². The van der Waals surface area contributed by atoms with Crippen LogP contribution in [0.5, 0.6) is 0 Å². The standard InChI is InChI=1S/C22H33N5/c1-5-6-7-11-23-21-16-22(25-19(4)24-21)27-14-12-26(13-15-27)20-10-8-9-17(2)18(20)3/h8-10,16H,5-7,11-15H2,1-4H3,(H,23,24,25). The molecule has 1 saturated heterocycles. The van der Waals surface area contributed by atoms with Crippen LogP contribution in [-0.4, -0.2) is 42.7 Å². The highest BCUT2D eigenvalue weighted by Gasteiger charge is 2.20. The molecule has 0 radical (unpaired) electrons. The van der Waals surface area contributed by atoms with Crippen molar-refractivity contribution in [3.05, 3.63) is 41.2 Å². The van der Waals surface area contributed by atoms with Gasteiger partial charge in [0.1, 0.15) is 17.5 Å². The van der Waals surface area contributed by atoms with Crippen molar-refractivity contribution in [3.63, 3.8) is 0 Å². The maximum Gasteiger partial charge on any atom is 0.134 e. The molecule has 0 saturated carbocycles. The van der Waals surface area contributed by atoms with Gasteiger partial charge in [-0.2, -0.15) is 0 Å². The molecule has 3 rings (SSSR count). The lowest BCUT2D eigenvalue weighted by Crippen LogP contribution is -2.47. The van der Waals surface area contributed by atoms with Crippen LogP contribution in [0.25, 0.3) is 0 Å². The summed E-state index contributed by atoms with van der Waals surface area (Å²) in [6.07, 6.45) is 3.67. The first-order valence-corrected chi connectivity index (χ1v) is 10.2. The fourth-order valence-electron chi connectivity index (χ4n) is 3.65. The first-order valence-electron chi connectivity index (χ1n) is 10.2. The normalized spacial score (nSPS) is 14.5. The predicted octanol–water partition coefficient (Wildman–Crippen LogP) is 4.33. The Morgan fingerprint density at radius 3 is 2.44 bits per heavy atom. The average Bonchev–Trinajstić information content (AvgIpc) is 2.67. The van der Waals surface area contributed by atoms with E-state index in [1.54, 1.807) is 0 Å². The predicted molar refractivity (Wildman–Crippen MR) is 115 cm³/mol. The third-order valence-corrected chi connectivity index (χ3v) is 5.43. The van der Waals surface area contributed by atoms with Gasteiger partial charge < -0.3 is 15.1 Å². The zero-order valence-corrected chi connectivity index (χ0v) is 17.3. The first-order chi connectivity index (χ1) is 13.1. The second-order valence-corrected chi connectivity index (χ2v) is 7.49. The van der Waals surface area contributed by atoms with E-state index in [9.17, 15) is 0 Å². The van der Waals surface area contributed by atoms with Crippen molar-refractivity contribution in [2.75, 3.05) is 47.8 Å². The number of aryl methyl sites for hydroxylation is 2. The van der Waals surface area contributed by atoms with Crippen LogP contribution < -0.4 is 15.1 Å². The minimum absolute atomic E-state index is 0.836. The van der Waals surface area contributed by atoms with E-state index < -0.39 is 0 Å². The average molecular weight is 368 g/mol. The highest BCUT2D eigenvalue weighted by atomic mass is 15.3. The minimum Gasteiger partial charge on any atom is -0.370 e. The molecule has 27 heavy (non-hydrogen) atoms. The van der Waals surface area contributed by atoms with Gasteiger partial charge in [0.15, 0.2) is 0 Å². The van der Waals surface area contributed by atoms with E-state index in [1.807, 2.05) is 6.92 Å². The Morgan fingerprint density at radius 1 is 0.963 bits per heavy atom. The SMILES string of the molecule is CCCCCNc1cc(N2CCN(c3cccc(C)c3C)CC2)nc(C)n1. The van der Waals surface area contributed by atoms with Gasteiger partial charge in [0, 0.05) is 44.5 Å². The lowest BCUT2D eigenvalue weighted by Gasteiger charge is -2.37. The summed E-state index contributed by atoms with van der Waals surface area (Å²) in [5.41, 5.74) is 4.12. The van der Waals surface area contributed by atoms with Crippen molar-refractivity contribution in [1.29, 1.82) is 0 Å². The molecule has 0 amide bonds. The number of nitrogens with one attached hydrogen (secondary N) is 1. The van der Waals surface area contributed by atoms with E-state index in [-0.39, 0.29) is 0 Å². The molecule has 1 N–H and O–H groups in total.